The fourth-order valence-corrected chi connectivity index (χ4v) is 2.00. The minimum atomic E-state index is -0.907. The summed E-state index contributed by atoms with van der Waals surface area (Å²) in [6.45, 7) is 9.76. The molecule has 0 heterocycles. The molecular weight excluding hydrogens is 244 g/mol. The molecule has 0 saturated carbocycles. The molecule has 0 aliphatic rings. The Morgan fingerprint density at radius 2 is 1.74 bits per heavy atom. The summed E-state index contributed by atoms with van der Waals surface area (Å²) in [7, 11) is 0. The number of urea groups is 1. The minimum absolute atomic E-state index is 0.0905. The first-order valence-electron chi connectivity index (χ1n) is 7.08. The van der Waals surface area contributed by atoms with E-state index in [-0.39, 0.29) is 18.6 Å². The molecule has 0 rings (SSSR count). The van der Waals surface area contributed by atoms with Gasteiger partial charge in [-0.05, 0) is 26.2 Å². The maximum atomic E-state index is 11.8. The number of carbonyl (C=O) groups is 2. The smallest absolute Gasteiger partial charge is 0.315 e. The number of amides is 2. The Hall–Kier alpha value is -1.26. The van der Waals surface area contributed by atoms with Crippen molar-refractivity contribution < 1.29 is 14.7 Å². The van der Waals surface area contributed by atoms with Gasteiger partial charge in [0.05, 0.1) is 5.41 Å². The molecule has 3 N–H and O–H groups in total. The third-order valence-corrected chi connectivity index (χ3v) is 4.05. The summed E-state index contributed by atoms with van der Waals surface area (Å²) in [5, 5.41) is 14.7. The number of carbonyl (C=O) groups excluding carboxylic acids is 1. The Morgan fingerprint density at radius 3 is 2.11 bits per heavy atom. The molecule has 0 aromatic rings. The number of rotatable bonds is 8. The van der Waals surface area contributed by atoms with Crippen LogP contribution in [0.1, 0.15) is 53.9 Å². The summed E-state index contributed by atoms with van der Waals surface area (Å²) in [5.74, 6) is -0.439. The Labute approximate surface area is 116 Å². The number of carboxylic acid groups (broad SMARTS) is 1. The van der Waals surface area contributed by atoms with Crippen molar-refractivity contribution in [3.05, 3.63) is 0 Å². The van der Waals surface area contributed by atoms with E-state index in [4.69, 9.17) is 5.11 Å². The highest BCUT2D eigenvalue weighted by Gasteiger charge is 2.31. The van der Waals surface area contributed by atoms with Crippen LogP contribution in [0.15, 0.2) is 0 Å². The number of carboxylic acids is 1. The van der Waals surface area contributed by atoms with Crippen LogP contribution < -0.4 is 10.6 Å². The van der Waals surface area contributed by atoms with E-state index in [1.54, 1.807) is 13.8 Å². The molecule has 2 unspecified atom stereocenters. The van der Waals surface area contributed by atoms with Crippen molar-refractivity contribution in [2.75, 3.05) is 6.54 Å². The van der Waals surface area contributed by atoms with Crippen LogP contribution in [-0.4, -0.2) is 29.7 Å². The minimum Gasteiger partial charge on any atom is -0.481 e. The van der Waals surface area contributed by atoms with E-state index in [1.807, 2.05) is 6.92 Å². The molecule has 0 aromatic carbocycles. The highest BCUT2D eigenvalue weighted by molar-refractivity contribution is 5.77. The molecular formula is C14H28N2O3. The summed E-state index contributed by atoms with van der Waals surface area (Å²) in [4.78, 5) is 22.9. The predicted octanol–water partition coefficient (Wildman–Crippen LogP) is 2.61. The van der Waals surface area contributed by atoms with E-state index in [0.717, 1.165) is 12.8 Å². The fourth-order valence-electron chi connectivity index (χ4n) is 2.00. The number of aliphatic carboxylic acids is 1. The molecule has 0 saturated heterocycles. The van der Waals surface area contributed by atoms with Crippen molar-refractivity contribution in [1.82, 2.24) is 10.6 Å². The second-order valence-electron chi connectivity index (χ2n) is 5.41. The van der Waals surface area contributed by atoms with Crippen LogP contribution in [0.2, 0.25) is 0 Å². The van der Waals surface area contributed by atoms with Crippen LogP contribution in [-0.2, 0) is 4.79 Å². The van der Waals surface area contributed by atoms with Crippen molar-refractivity contribution in [1.29, 1.82) is 0 Å². The number of nitrogens with one attached hydrogen (secondary N) is 2. The highest BCUT2D eigenvalue weighted by Crippen LogP contribution is 2.19. The van der Waals surface area contributed by atoms with Crippen molar-refractivity contribution in [3.63, 3.8) is 0 Å². The molecule has 0 aliphatic heterocycles. The quantitative estimate of drug-likeness (QED) is 0.635. The van der Waals surface area contributed by atoms with Gasteiger partial charge in [0.15, 0.2) is 0 Å². The SMILES string of the molecule is CCC(CC)C(C)NC(=O)NCC(C)(CC)C(=O)O. The molecule has 2 amide bonds. The molecule has 2 atom stereocenters. The van der Waals surface area contributed by atoms with Crippen molar-refractivity contribution >= 4 is 12.0 Å². The maximum Gasteiger partial charge on any atom is 0.315 e. The average Bonchev–Trinajstić information content (AvgIpc) is 2.37. The largest absolute Gasteiger partial charge is 0.481 e. The third-order valence-electron chi connectivity index (χ3n) is 4.05. The third kappa shape index (κ3) is 5.49. The summed E-state index contributed by atoms with van der Waals surface area (Å²) < 4.78 is 0. The zero-order chi connectivity index (χ0) is 15.1. The molecule has 0 aromatic heterocycles. The molecule has 19 heavy (non-hydrogen) atoms. The lowest BCUT2D eigenvalue weighted by Gasteiger charge is -2.26. The van der Waals surface area contributed by atoms with E-state index in [2.05, 4.69) is 24.5 Å². The average molecular weight is 272 g/mol. The predicted molar refractivity (Wildman–Crippen MR) is 76.1 cm³/mol. The van der Waals surface area contributed by atoms with Gasteiger partial charge in [-0.3, -0.25) is 4.79 Å². The van der Waals surface area contributed by atoms with E-state index in [0.29, 0.717) is 12.3 Å². The summed E-state index contributed by atoms with van der Waals surface area (Å²) in [5.41, 5.74) is -0.907. The van der Waals surface area contributed by atoms with Gasteiger partial charge in [-0.1, -0.05) is 33.6 Å². The molecule has 0 aliphatic carbocycles. The number of hydrogen-bond donors (Lipinski definition) is 3. The van der Waals surface area contributed by atoms with E-state index < -0.39 is 11.4 Å². The molecule has 112 valence electrons. The van der Waals surface area contributed by atoms with E-state index in [9.17, 15) is 9.59 Å². The van der Waals surface area contributed by atoms with Gasteiger partial charge in [0.25, 0.3) is 0 Å². The van der Waals surface area contributed by atoms with Gasteiger partial charge >= 0.3 is 12.0 Å². The first kappa shape index (κ1) is 17.7. The standard InChI is InChI=1S/C14H28N2O3/c1-6-11(7-2)10(4)16-13(19)15-9-14(5,8-3)12(17)18/h10-11H,6-9H2,1-5H3,(H,17,18)(H2,15,16,19). The van der Waals surface area contributed by atoms with Crippen LogP contribution in [0.25, 0.3) is 0 Å². The van der Waals surface area contributed by atoms with Gasteiger partial charge in [0.2, 0.25) is 0 Å². The molecule has 0 radical (unpaired) electrons. The lowest BCUT2D eigenvalue weighted by atomic mass is 9.88. The first-order chi connectivity index (χ1) is 8.80. The van der Waals surface area contributed by atoms with Gasteiger partial charge in [0.1, 0.15) is 0 Å². The topological polar surface area (TPSA) is 78.4 Å². The lowest BCUT2D eigenvalue weighted by molar-refractivity contribution is -0.147. The maximum absolute atomic E-state index is 11.8. The molecule has 0 fully saturated rings. The zero-order valence-corrected chi connectivity index (χ0v) is 12.7. The second kappa shape index (κ2) is 8.02. The van der Waals surface area contributed by atoms with E-state index in [1.165, 1.54) is 0 Å². The second-order valence-corrected chi connectivity index (χ2v) is 5.41. The fraction of sp³-hybridized carbons (Fsp3) is 0.857. The van der Waals surface area contributed by atoms with E-state index >= 15 is 0 Å². The Balaban J connectivity index is 4.29. The summed E-state index contributed by atoms with van der Waals surface area (Å²) >= 11 is 0. The van der Waals surface area contributed by atoms with Crippen LogP contribution >= 0.6 is 0 Å². The molecule has 5 heteroatoms. The Morgan fingerprint density at radius 1 is 1.21 bits per heavy atom. The lowest BCUT2D eigenvalue weighted by Crippen LogP contribution is -2.48. The molecule has 0 spiro atoms. The summed E-state index contributed by atoms with van der Waals surface area (Å²) in [6.07, 6.45) is 2.50. The van der Waals surface area contributed by atoms with Crippen molar-refractivity contribution in [2.45, 2.75) is 59.9 Å². The Kier molecular flexibility index (Phi) is 7.49. The van der Waals surface area contributed by atoms with Gasteiger partial charge in [0, 0.05) is 12.6 Å². The van der Waals surface area contributed by atoms with Gasteiger partial charge in [-0.2, -0.15) is 0 Å². The first-order valence-corrected chi connectivity index (χ1v) is 7.08. The van der Waals surface area contributed by atoms with Crippen molar-refractivity contribution in [2.24, 2.45) is 11.3 Å². The molecule has 5 nitrogen and oxygen atoms in total. The monoisotopic (exact) mass is 272 g/mol. The van der Waals surface area contributed by atoms with Gasteiger partial charge < -0.3 is 15.7 Å². The Bertz CT molecular complexity index is 303. The van der Waals surface area contributed by atoms with Crippen LogP contribution in [0, 0.1) is 11.3 Å². The van der Waals surface area contributed by atoms with Crippen molar-refractivity contribution in [3.8, 4) is 0 Å². The summed E-state index contributed by atoms with van der Waals surface area (Å²) in [6, 6.07) is -0.201. The highest BCUT2D eigenvalue weighted by atomic mass is 16.4. The van der Waals surface area contributed by atoms with Crippen LogP contribution in [0.5, 0.6) is 0 Å². The normalized spacial score (nSPS) is 15.7. The van der Waals surface area contributed by atoms with Gasteiger partial charge in [-0.25, -0.2) is 4.79 Å². The molecule has 0 bridgehead atoms. The zero-order valence-electron chi connectivity index (χ0n) is 12.7. The van der Waals surface area contributed by atoms with Crippen LogP contribution in [0.3, 0.4) is 0 Å². The number of hydrogen-bond acceptors (Lipinski definition) is 2. The van der Waals surface area contributed by atoms with Crippen LogP contribution in [0.4, 0.5) is 4.79 Å². The van der Waals surface area contributed by atoms with Gasteiger partial charge in [-0.15, -0.1) is 0 Å².